The van der Waals surface area contributed by atoms with Crippen molar-refractivity contribution in [3.05, 3.63) is 53.1 Å². The van der Waals surface area contributed by atoms with Gasteiger partial charge in [-0.2, -0.15) is 5.10 Å². The van der Waals surface area contributed by atoms with Crippen molar-refractivity contribution in [2.24, 2.45) is 0 Å². The Bertz CT molecular complexity index is 604. The molecule has 1 aromatic carbocycles. The molecule has 0 amide bonds. The molecule has 0 spiro atoms. The van der Waals surface area contributed by atoms with Gasteiger partial charge >= 0.3 is 0 Å². The van der Waals surface area contributed by atoms with Gasteiger partial charge in [0.1, 0.15) is 11.6 Å². The number of hydrogen-bond acceptors (Lipinski definition) is 2. The normalized spacial score (nSPS) is 10.8. The van der Waals surface area contributed by atoms with Gasteiger partial charge in [-0.3, -0.25) is 9.48 Å². The van der Waals surface area contributed by atoms with Crippen LogP contribution in [0.15, 0.2) is 30.3 Å². The molecule has 1 aromatic heterocycles. The monoisotopic (exact) mass is 274 g/mol. The number of ketones is 1. The second-order valence-corrected chi connectivity index (χ2v) is 4.82. The van der Waals surface area contributed by atoms with E-state index >= 15 is 0 Å². The minimum atomic E-state index is -0.304. The van der Waals surface area contributed by atoms with Crippen LogP contribution in [-0.4, -0.2) is 15.6 Å². The lowest BCUT2D eigenvalue weighted by Crippen LogP contribution is -2.11. The molecule has 4 heteroatoms. The molecule has 0 N–H and O–H groups in total. The molecular formula is C16H19FN2O. The lowest BCUT2D eigenvalue weighted by atomic mass is 10.1. The molecule has 0 aliphatic carbocycles. The summed E-state index contributed by atoms with van der Waals surface area (Å²) in [5, 5.41) is 4.43. The number of aromatic nitrogens is 2. The Hall–Kier alpha value is -1.97. The largest absolute Gasteiger partial charge is 0.299 e. The minimum absolute atomic E-state index is 0.0767. The number of carbonyl (C=O) groups excluding carboxylic acids is 1. The summed E-state index contributed by atoms with van der Waals surface area (Å²) in [6.45, 7) is 4.80. The van der Waals surface area contributed by atoms with E-state index in [4.69, 9.17) is 0 Å². The highest BCUT2D eigenvalue weighted by molar-refractivity contribution is 5.82. The number of rotatable bonds is 6. The number of halogens is 1. The maximum atomic E-state index is 13.1. The van der Waals surface area contributed by atoms with Gasteiger partial charge < -0.3 is 0 Å². The van der Waals surface area contributed by atoms with Gasteiger partial charge in [-0.15, -0.1) is 0 Å². The van der Waals surface area contributed by atoms with E-state index in [1.54, 1.807) is 12.1 Å². The fraction of sp³-hybridized carbons (Fsp3) is 0.375. The second-order valence-electron chi connectivity index (χ2n) is 4.82. The third-order valence-corrected chi connectivity index (χ3v) is 3.24. The first kappa shape index (κ1) is 14.4. The highest BCUT2D eigenvalue weighted by Crippen LogP contribution is 2.10. The Morgan fingerprint density at radius 1 is 1.25 bits per heavy atom. The molecular weight excluding hydrogens is 255 g/mol. The van der Waals surface area contributed by atoms with E-state index in [-0.39, 0.29) is 18.0 Å². The molecule has 0 aliphatic heterocycles. The Labute approximate surface area is 118 Å². The molecule has 20 heavy (non-hydrogen) atoms. The zero-order valence-corrected chi connectivity index (χ0v) is 11.9. The van der Waals surface area contributed by atoms with Crippen LogP contribution in [0.2, 0.25) is 0 Å². The van der Waals surface area contributed by atoms with Crippen LogP contribution in [-0.2, 0) is 30.6 Å². The van der Waals surface area contributed by atoms with Gasteiger partial charge in [-0.25, -0.2) is 4.39 Å². The minimum Gasteiger partial charge on any atom is -0.299 e. The summed E-state index contributed by atoms with van der Waals surface area (Å²) >= 11 is 0. The molecule has 106 valence electrons. The number of nitrogens with zero attached hydrogens (tertiary/aromatic N) is 2. The molecule has 0 atom stereocenters. The van der Waals surface area contributed by atoms with Crippen molar-refractivity contribution in [2.45, 2.75) is 39.7 Å². The van der Waals surface area contributed by atoms with Crippen molar-refractivity contribution in [3.8, 4) is 0 Å². The summed E-state index contributed by atoms with van der Waals surface area (Å²) in [7, 11) is 0. The number of benzene rings is 1. The summed E-state index contributed by atoms with van der Waals surface area (Å²) in [6.07, 6.45) is 1.46. The first-order valence-electron chi connectivity index (χ1n) is 6.94. The predicted molar refractivity (Wildman–Crippen MR) is 76.1 cm³/mol. The SMILES string of the molecule is CCc1cc(CC(=O)Cc2cccc(F)c2)n(CC)n1. The summed E-state index contributed by atoms with van der Waals surface area (Å²) in [4.78, 5) is 12.1. The number of Topliss-reactive ketones (excluding diaryl/α,β-unsaturated/α-hetero) is 1. The lowest BCUT2D eigenvalue weighted by Gasteiger charge is -2.04. The Morgan fingerprint density at radius 3 is 2.70 bits per heavy atom. The van der Waals surface area contributed by atoms with E-state index in [9.17, 15) is 9.18 Å². The van der Waals surface area contributed by atoms with Crippen molar-refractivity contribution in [1.82, 2.24) is 9.78 Å². The Balaban J connectivity index is 2.06. The zero-order chi connectivity index (χ0) is 14.5. The van der Waals surface area contributed by atoms with Crippen molar-refractivity contribution in [2.75, 3.05) is 0 Å². The zero-order valence-electron chi connectivity index (χ0n) is 11.9. The third-order valence-electron chi connectivity index (χ3n) is 3.24. The molecule has 0 aliphatic rings. The molecule has 0 saturated heterocycles. The van der Waals surface area contributed by atoms with Crippen LogP contribution in [0.1, 0.15) is 30.8 Å². The quantitative estimate of drug-likeness (QED) is 0.811. The molecule has 0 saturated carbocycles. The van der Waals surface area contributed by atoms with E-state index < -0.39 is 0 Å². The van der Waals surface area contributed by atoms with Gasteiger partial charge in [-0.05, 0) is 37.1 Å². The molecule has 3 nitrogen and oxygen atoms in total. The molecule has 0 unspecified atom stereocenters. The smallest absolute Gasteiger partial charge is 0.143 e. The van der Waals surface area contributed by atoms with Gasteiger partial charge in [-0.1, -0.05) is 19.1 Å². The van der Waals surface area contributed by atoms with Crippen LogP contribution in [0, 0.1) is 5.82 Å². The van der Waals surface area contributed by atoms with Crippen LogP contribution in [0.3, 0.4) is 0 Å². The summed E-state index contributed by atoms with van der Waals surface area (Å²) in [5.74, 6) is -0.227. The van der Waals surface area contributed by atoms with E-state index in [1.807, 2.05) is 24.6 Å². The van der Waals surface area contributed by atoms with Crippen molar-refractivity contribution in [1.29, 1.82) is 0 Å². The Kier molecular flexibility index (Phi) is 4.66. The van der Waals surface area contributed by atoms with Crippen LogP contribution in [0.25, 0.3) is 0 Å². The van der Waals surface area contributed by atoms with Crippen molar-refractivity contribution in [3.63, 3.8) is 0 Å². The summed E-state index contributed by atoms with van der Waals surface area (Å²) in [6, 6.07) is 8.17. The van der Waals surface area contributed by atoms with Gasteiger partial charge in [0.2, 0.25) is 0 Å². The topological polar surface area (TPSA) is 34.9 Å². The molecule has 1 heterocycles. The highest BCUT2D eigenvalue weighted by atomic mass is 19.1. The molecule has 0 bridgehead atoms. The van der Waals surface area contributed by atoms with Crippen LogP contribution >= 0.6 is 0 Å². The lowest BCUT2D eigenvalue weighted by molar-refractivity contribution is -0.117. The first-order chi connectivity index (χ1) is 9.62. The van der Waals surface area contributed by atoms with Crippen LogP contribution < -0.4 is 0 Å². The van der Waals surface area contributed by atoms with Gasteiger partial charge in [0.25, 0.3) is 0 Å². The number of hydrogen-bond donors (Lipinski definition) is 0. The average molecular weight is 274 g/mol. The van der Waals surface area contributed by atoms with E-state index in [2.05, 4.69) is 5.10 Å². The first-order valence-corrected chi connectivity index (χ1v) is 6.94. The fourth-order valence-corrected chi connectivity index (χ4v) is 2.24. The molecule has 0 fully saturated rings. The Morgan fingerprint density at radius 2 is 2.05 bits per heavy atom. The predicted octanol–water partition coefficient (Wildman–Crippen LogP) is 2.96. The number of carbonyl (C=O) groups is 1. The van der Waals surface area contributed by atoms with Crippen LogP contribution in [0.4, 0.5) is 4.39 Å². The van der Waals surface area contributed by atoms with Crippen molar-refractivity contribution < 1.29 is 9.18 Å². The van der Waals surface area contributed by atoms with E-state index in [1.165, 1.54) is 12.1 Å². The van der Waals surface area contributed by atoms with Gasteiger partial charge in [0, 0.05) is 25.1 Å². The second kappa shape index (κ2) is 6.46. The average Bonchev–Trinajstić information content (AvgIpc) is 2.80. The molecule has 2 aromatic rings. The van der Waals surface area contributed by atoms with Crippen molar-refractivity contribution >= 4 is 5.78 Å². The highest BCUT2D eigenvalue weighted by Gasteiger charge is 2.11. The maximum Gasteiger partial charge on any atom is 0.143 e. The number of aryl methyl sites for hydroxylation is 2. The van der Waals surface area contributed by atoms with E-state index in [0.717, 1.165) is 24.4 Å². The summed E-state index contributed by atoms with van der Waals surface area (Å²) < 4.78 is 15.0. The third kappa shape index (κ3) is 3.53. The maximum absolute atomic E-state index is 13.1. The standard InChI is InChI=1S/C16H19FN2O/c1-3-14-10-15(19(4-2)18-14)11-16(20)9-12-6-5-7-13(17)8-12/h5-8,10H,3-4,9,11H2,1-2H3. The molecule has 0 radical (unpaired) electrons. The van der Waals surface area contributed by atoms with Crippen LogP contribution in [0.5, 0.6) is 0 Å². The van der Waals surface area contributed by atoms with Gasteiger partial charge in [0.15, 0.2) is 0 Å². The van der Waals surface area contributed by atoms with E-state index in [0.29, 0.717) is 12.0 Å². The molecule has 2 rings (SSSR count). The van der Waals surface area contributed by atoms with Gasteiger partial charge in [0.05, 0.1) is 5.69 Å². The fourth-order valence-electron chi connectivity index (χ4n) is 2.24. The summed E-state index contributed by atoms with van der Waals surface area (Å²) in [5.41, 5.74) is 2.65.